The SMILES string of the molecule is O.[CH3][Ni][PH2].[Co]. The quantitative estimate of drug-likeness (QED) is 0.377. The average Bonchev–Trinajstić information content (AvgIpc) is 0.918. The van der Waals surface area contributed by atoms with Crippen molar-refractivity contribution in [3.8, 4) is 0 Å². The van der Waals surface area contributed by atoms with E-state index in [2.05, 4.69) is 8.01 Å². The molecule has 0 aliphatic heterocycles. The standard InChI is InChI=1S/CH3.Co.Ni.H2O.H2P/h1H3;;;2*1H2/q;;+1;;-1. The molecule has 4 heteroatoms. The molecule has 41 valence electrons. The predicted octanol–water partition coefficient (Wildman–Crippen LogP) is 0.0799. The first-order valence-corrected chi connectivity index (χ1v) is 3.56. The van der Waals surface area contributed by atoms with Gasteiger partial charge in [-0.3, -0.25) is 0 Å². The minimum atomic E-state index is 0. The Morgan fingerprint density at radius 2 is 1.60 bits per heavy atom. The monoisotopic (exact) mass is 183 g/mol. The maximum absolute atomic E-state index is 2.52. The van der Waals surface area contributed by atoms with Gasteiger partial charge in [0.1, 0.15) is 0 Å². The van der Waals surface area contributed by atoms with Crippen LogP contribution in [0.4, 0.5) is 0 Å². The van der Waals surface area contributed by atoms with Crippen LogP contribution in [0.15, 0.2) is 0 Å². The zero-order valence-corrected chi connectivity index (χ0v) is 5.91. The molecule has 0 aromatic heterocycles. The van der Waals surface area contributed by atoms with Crippen molar-refractivity contribution < 1.29 is 36.3 Å². The van der Waals surface area contributed by atoms with E-state index < -0.39 is 0 Å². The normalized spacial score (nSPS) is 4.40. The molecule has 0 heterocycles. The molecule has 5 heavy (non-hydrogen) atoms. The maximum Gasteiger partial charge on any atom is 0 e. The number of rotatable bonds is 0. The van der Waals surface area contributed by atoms with Crippen LogP contribution in [0.25, 0.3) is 0 Å². The Bertz CT molecular complexity index is 11.6. The van der Waals surface area contributed by atoms with Gasteiger partial charge in [-0.25, -0.2) is 0 Å². The smallest absolute Gasteiger partial charge is 0 e. The van der Waals surface area contributed by atoms with E-state index in [0.717, 1.165) is 0 Å². The molecule has 1 nitrogen and oxygen atoms in total. The van der Waals surface area contributed by atoms with Gasteiger partial charge in [0, 0.05) is 16.8 Å². The van der Waals surface area contributed by atoms with Crippen LogP contribution in [0, 0.1) is 0 Å². The fourth-order valence-corrected chi connectivity index (χ4v) is 0. The summed E-state index contributed by atoms with van der Waals surface area (Å²) in [5.41, 5.74) is 0. The fourth-order valence-electron chi connectivity index (χ4n) is 0. The van der Waals surface area contributed by atoms with Crippen LogP contribution in [-0.2, 0) is 30.8 Å². The van der Waals surface area contributed by atoms with Gasteiger partial charge >= 0.3 is 27.9 Å². The van der Waals surface area contributed by atoms with Crippen LogP contribution in [-0.4, -0.2) is 5.48 Å². The van der Waals surface area contributed by atoms with Gasteiger partial charge in [-0.1, -0.05) is 0 Å². The maximum atomic E-state index is 2.52. The average molecular weight is 184 g/mol. The Morgan fingerprint density at radius 1 is 1.60 bits per heavy atom. The molecule has 0 aliphatic carbocycles. The van der Waals surface area contributed by atoms with Crippen molar-refractivity contribution in [1.29, 1.82) is 0 Å². The Labute approximate surface area is 50.4 Å². The van der Waals surface area contributed by atoms with Crippen LogP contribution in [0.3, 0.4) is 0 Å². The summed E-state index contributed by atoms with van der Waals surface area (Å²) in [6.07, 6.45) is 0. The molecule has 2 N–H and O–H groups in total. The molecule has 0 fully saturated rings. The zero-order chi connectivity index (χ0) is 2.71. The zero-order valence-electron chi connectivity index (χ0n) is 2.73. The van der Waals surface area contributed by atoms with E-state index in [1.807, 2.05) is 5.89 Å². The molecular formula is CH7CoNiOP. The largest absolute Gasteiger partial charge is 0 e. The van der Waals surface area contributed by atoms with Crippen molar-refractivity contribution in [1.82, 2.24) is 0 Å². The van der Waals surface area contributed by atoms with Gasteiger partial charge in [0.05, 0.1) is 0 Å². The number of hydrogen-bond donors (Lipinski definition) is 0. The van der Waals surface area contributed by atoms with E-state index in [9.17, 15) is 0 Å². The van der Waals surface area contributed by atoms with Crippen LogP contribution in [0.2, 0.25) is 5.89 Å². The van der Waals surface area contributed by atoms with Crippen LogP contribution >= 0.6 is 8.01 Å². The van der Waals surface area contributed by atoms with Gasteiger partial charge in [0.25, 0.3) is 0 Å². The molecule has 0 bridgehead atoms. The van der Waals surface area contributed by atoms with Crippen LogP contribution < -0.4 is 0 Å². The van der Waals surface area contributed by atoms with Crippen molar-refractivity contribution in [2.45, 2.75) is 5.89 Å². The summed E-state index contributed by atoms with van der Waals surface area (Å²) in [4.78, 5) is 0. The molecular weight excluding hydrogens is 177 g/mol. The van der Waals surface area contributed by atoms with Gasteiger partial charge in [-0.05, 0) is 0 Å². The van der Waals surface area contributed by atoms with E-state index in [1.165, 1.54) is 0 Å². The summed E-state index contributed by atoms with van der Waals surface area (Å²) in [5.74, 6) is 2.03. The second-order valence-electron chi connectivity index (χ2n) is 0.183. The predicted molar refractivity (Wildman–Crippen MR) is 19.2 cm³/mol. The number of hydrogen-bond acceptors (Lipinski definition) is 0. The summed E-state index contributed by atoms with van der Waals surface area (Å²) in [7, 11) is 2.52. The van der Waals surface area contributed by atoms with E-state index in [0.29, 0.717) is 0 Å². The summed E-state index contributed by atoms with van der Waals surface area (Å²) in [5, 5.41) is 0. The van der Waals surface area contributed by atoms with Crippen molar-refractivity contribution in [3.05, 3.63) is 0 Å². The third-order valence-corrected chi connectivity index (χ3v) is 0. The van der Waals surface area contributed by atoms with Crippen molar-refractivity contribution in [2.24, 2.45) is 0 Å². The molecule has 0 aromatic carbocycles. The fraction of sp³-hybridized carbons (Fsp3) is 1.00. The Kier molecular flexibility index (Phi) is 58.8. The molecule has 0 aliphatic rings. The summed E-state index contributed by atoms with van der Waals surface area (Å²) < 4.78 is 0. The molecule has 0 aromatic rings. The first-order valence-electron chi connectivity index (χ1n) is 0.499. The first-order chi connectivity index (χ1) is 1.41. The van der Waals surface area contributed by atoms with E-state index in [1.54, 1.807) is 14.0 Å². The third-order valence-electron chi connectivity index (χ3n) is 0. The van der Waals surface area contributed by atoms with E-state index in [-0.39, 0.29) is 22.3 Å². The first kappa shape index (κ1) is 16.2. The third kappa shape index (κ3) is 32.1. The van der Waals surface area contributed by atoms with Gasteiger partial charge < -0.3 is 5.48 Å². The molecule has 0 amide bonds. The Balaban J connectivity index is -0.0000000200. The molecule has 1 unspecified atom stereocenters. The molecule has 0 rings (SSSR count). The van der Waals surface area contributed by atoms with Gasteiger partial charge in [0.2, 0.25) is 0 Å². The van der Waals surface area contributed by atoms with E-state index >= 15 is 0 Å². The summed E-state index contributed by atoms with van der Waals surface area (Å²) in [6, 6.07) is 0. The van der Waals surface area contributed by atoms with Crippen LogP contribution in [0.1, 0.15) is 0 Å². The minimum absolute atomic E-state index is 0. The van der Waals surface area contributed by atoms with Crippen molar-refractivity contribution in [3.63, 3.8) is 0 Å². The van der Waals surface area contributed by atoms with Crippen molar-refractivity contribution in [2.75, 3.05) is 0 Å². The van der Waals surface area contributed by atoms with Gasteiger partial charge in [0.15, 0.2) is 0 Å². The van der Waals surface area contributed by atoms with Crippen LogP contribution in [0.5, 0.6) is 0 Å². The summed E-state index contributed by atoms with van der Waals surface area (Å²) in [6.45, 7) is 0. The summed E-state index contributed by atoms with van der Waals surface area (Å²) >= 11 is 1.54. The second-order valence-corrected chi connectivity index (χ2v) is 2.26. The minimum Gasteiger partial charge on any atom is 0 e. The Hall–Kier alpha value is 1.39. The topological polar surface area (TPSA) is 31.5 Å². The Morgan fingerprint density at radius 3 is 1.60 bits per heavy atom. The van der Waals surface area contributed by atoms with E-state index in [4.69, 9.17) is 0 Å². The van der Waals surface area contributed by atoms with Gasteiger partial charge in [-0.2, -0.15) is 0 Å². The molecule has 0 saturated heterocycles. The second kappa shape index (κ2) is 18.2. The molecule has 0 spiro atoms. The molecule has 1 atom stereocenters. The molecule has 1 radical (unpaired) electrons. The molecule has 0 saturated carbocycles. The van der Waals surface area contributed by atoms with Gasteiger partial charge in [-0.15, -0.1) is 0 Å². The van der Waals surface area contributed by atoms with Crippen molar-refractivity contribution >= 4 is 8.01 Å².